The van der Waals surface area contributed by atoms with E-state index in [0.29, 0.717) is 37.6 Å². The third-order valence-electron chi connectivity index (χ3n) is 6.78. The standard InChI is InChI=1S/C29H28N6O4/c1-19-3-7-22-13-23(29(36)30-25(22)11-19)16-34(14-21-6-10-26-27(12-21)39-18-38-26)17-28-31-32-33-35(28)15-20-4-8-24(37-2)9-5-20/h3-13H,14-18H2,1-2H3,(H,30,36). The van der Waals surface area contributed by atoms with Crippen LogP contribution in [0.25, 0.3) is 10.9 Å². The summed E-state index contributed by atoms with van der Waals surface area (Å²) in [6.45, 7) is 4.13. The van der Waals surface area contributed by atoms with Crippen LogP contribution in [0.2, 0.25) is 0 Å². The van der Waals surface area contributed by atoms with Gasteiger partial charge in [-0.25, -0.2) is 4.68 Å². The zero-order valence-electron chi connectivity index (χ0n) is 21.8. The minimum absolute atomic E-state index is 0.110. The second kappa shape index (κ2) is 10.6. The van der Waals surface area contributed by atoms with Crippen LogP contribution >= 0.6 is 0 Å². The lowest BCUT2D eigenvalue weighted by atomic mass is 10.1. The van der Waals surface area contributed by atoms with E-state index in [-0.39, 0.29) is 12.4 Å². The SMILES string of the molecule is COc1ccc(Cn2nnnc2CN(Cc2ccc3c(c2)OCO3)Cc2cc3ccc(C)cc3[nH]c2=O)cc1. The lowest BCUT2D eigenvalue weighted by molar-refractivity contribution is 0.174. The first-order valence-corrected chi connectivity index (χ1v) is 12.7. The van der Waals surface area contributed by atoms with Crippen LogP contribution < -0.4 is 19.8 Å². The van der Waals surface area contributed by atoms with Gasteiger partial charge < -0.3 is 19.2 Å². The number of hydrogen-bond donors (Lipinski definition) is 1. The molecule has 3 aromatic carbocycles. The summed E-state index contributed by atoms with van der Waals surface area (Å²) in [5, 5.41) is 13.5. The number of H-pyrrole nitrogens is 1. The Bertz CT molecular complexity index is 1680. The first-order valence-electron chi connectivity index (χ1n) is 12.7. The number of tetrazole rings is 1. The fraction of sp³-hybridized carbons (Fsp3) is 0.241. The summed E-state index contributed by atoms with van der Waals surface area (Å²) in [6, 6.07) is 21.7. The smallest absolute Gasteiger partial charge is 0.252 e. The Labute approximate surface area is 224 Å². The molecule has 39 heavy (non-hydrogen) atoms. The van der Waals surface area contributed by atoms with Gasteiger partial charge in [0.2, 0.25) is 6.79 Å². The monoisotopic (exact) mass is 524 g/mol. The highest BCUT2D eigenvalue weighted by atomic mass is 16.7. The maximum atomic E-state index is 13.1. The molecule has 0 saturated heterocycles. The average molecular weight is 525 g/mol. The van der Waals surface area contributed by atoms with E-state index in [0.717, 1.165) is 44.8 Å². The van der Waals surface area contributed by atoms with Crippen molar-refractivity contribution < 1.29 is 14.2 Å². The molecule has 0 unspecified atom stereocenters. The molecule has 0 aliphatic carbocycles. The van der Waals surface area contributed by atoms with Gasteiger partial charge in [0, 0.05) is 24.2 Å². The average Bonchev–Trinajstić information content (AvgIpc) is 3.58. The highest BCUT2D eigenvalue weighted by Gasteiger charge is 2.19. The number of benzene rings is 3. The minimum atomic E-state index is -0.110. The van der Waals surface area contributed by atoms with Crippen LogP contribution in [0.5, 0.6) is 17.2 Å². The van der Waals surface area contributed by atoms with E-state index in [1.807, 2.05) is 73.7 Å². The molecule has 3 heterocycles. The first kappa shape index (κ1) is 24.6. The number of aromatic amines is 1. The lowest BCUT2D eigenvalue weighted by Crippen LogP contribution is -2.28. The molecule has 0 saturated carbocycles. The molecule has 6 rings (SSSR count). The summed E-state index contributed by atoms with van der Waals surface area (Å²) in [4.78, 5) is 18.3. The molecular formula is C29H28N6O4. The van der Waals surface area contributed by atoms with Crippen LogP contribution in [0.1, 0.15) is 28.1 Å². The second-order valence-electron chi connectivity index (χ2n) is 9.65. The molecule has 0 amide bonds. The number of aryl methyl sites for hydroxylation is 1. The number of methoxy groups -OCH3 is 1. The van der Waals surface area contributed by atoms with Crippen LogP contribution in [0.15, 0.2) is 71.5 Å². The molecule has 0 bridgehead atoms. The molecule has 2 aromatic heterocycles. The van der Waals surface area contributed by atoms with Gasteiger partial charge in [-0.1, -0.05) is 30.3 Å². The van der Waals surface area contributed by atoms with Crippen LogP contribution in [0, 0.1) is 6.92 Å². The van der Waals surface area contributed by atoms with Crippen LogP contribution in [-0.2, 0) is 26.2 Å². The minimum Gasteiger partial charge on any atom is -0.497 e. The quantitative estimate of drug-likeness (QED) is 0.310. The Morgan fingerprint density at radius 3 is 2.62 bits per heavy atom. The van der Waals surface area contributed by atoms with Crippen molar-refractivity contribution in [2.45, 2.75) is 33.1 Å². The number of aromatic nitrogens is 5. The largest absolute Gasteiger partial charge is 0.497 e. The molecule has 1 aliphatic rings. The van der Waals surface area contributed by atoms with Gasteiger partial charge in [-0.15, -0.1) is 5.10 Å². The number of rotatable bonds is 9. The van der Waals surface area contributed by atoms with Crippen LogP contribution in [-0.4, -0.2) is 44.0 Å². The van der Waals surface area contributed by atoms with Crippen LogP contribution in [0.3, 0.4) is 0 Å². The van der Waals surface area contributed by atoms with E-state index in [1.54, 1.807) is 11.8 Å². The highest BCUT2D eigenvalue weighted by molar-refractivity contribution is 5.79. The molecule has 0 fully saturated rings. The van der Waals surface area contributed by atoms with Gasteiger partial charge in [0.1, 0.15) is 5.75 Å². The van der Waals surface area contributed by atoms with Crippen molar-refractivity contribution in [2.75, 3.05) is 13.9 Å². The first-order chi connectivity index (χ1) is 19.0. The molecule has 198 valence electrons. The highest BCUT2D eigenvalue weighted by Crippen LogP contribution is 2.33. The summed E-state index contributed by atoms with van der Waals surface area (Å²) in [5.41, 5.74) is 4.56. The zero-order valence-corrected chi connectivity index (χ0v) is 21.8. The molecule has 0 atom stereocenters. The molecule has 1 aliphatic heterocycles. The third kappa shape index (κ3) is 5.46. The van der Waals surface area contributed by atoms with Gasteiger partial charge in [0.15, 0.2) is 17.3 Å². The van der Waals surface area contributed by atoms with Crippen molar-refractivity contribution in [3.63, 3.8) is 0 Å². The van der Waals surface area contributed by atoms with E-state index in [2.05, 4.69) is 25.4 Å². The Hall–Kier alpha value is -4.70. The fourth-order valence-corrected chi connectivity index (χ4v) is 4.75. The van der Waals surface area contributed by atoms with Gasteiger partial charge in [-0.3, -0.25) is 9.69 Å². The van der Waals surface area contributed by atoms with Crippen molar-refractivity contribution >= 4 is 10.9 Å². The van der Waals surface area contributed by atoms with Crippen molar-refractivity contribution in [1.29, 1.82) is 0 Å². The molecule has 1 N–H and O–H groups in total. The fourth-order valence-electron chi connectivity index (χ4n) is 4.75. The topological polar surface area (TPSA) is 107 Å². The molecular weight excluding hydrogens is 496 g/mol. The normalized spacial score (nSPS) is 12.4. The lowest BCUT2D eigenvalue weighted by Gasteiger charge is -2.22. The van der Waals surface area contributed by atoms with E-state index < -0.39 is 0 Å². The molecule has 10 nitrogen and oxygen atoms in total. The summed E-state index contributed by atoms with van der Waals surface area (Å²) < 4.78 is 18.1. The molecule has 0 spiro atoms. The summed E-state index contributed by atoms with van der Waals surface area (Å²) >= 11 is 0. The number of pyridine rings is 1. The summed E-state index contributed by atoms with van der Waals surface area (Å²) in [6.07, 6.45) is 0. The van der Waals surface area contributed by atoms with Crippen molar-refractivity contribution in [3.05, 3.63) is 105 Å². The van der Waals surface area contributed by atoms with Gasteiger partial charge in [0.25, 0.3) is 5.56 Å². The number of nitrogens with zero attached hydrogens (tertiary/aromatic N) is 5. The Balaban J connectivity index is 1.29. The van der Waals surface area contributed by atoms with Crippen LogP contribution in [0.4, 0.5) is 0 Å². The van der Waals surface area contributed by atoms with E-state index in [4.69, 9.17) is 14.2 Å². The Morgan fingerprint density at radius 2 is 1.77 bits per heavy atom. The molecule has 0 radical (unpaired) electrons. The molecule has 5 aromatic rings. The number of nitrogens with one attached hydrogen (secondary N) is 1. The maximum absolute atomic E-state index is 13.1. The second-order valence-corrected chi connectivity index (χ2v) is 9.65. The van der Waals surface area contributed by atoms with Crippen molar-refractivity contribution in [3.8, 4) is 17.2 Å². The Kier molecular flexibility index (Phi) is 6.68. The van der Waals surface area contributed by atoms with Crippen molar-refractivity contribution in [1.82, 2.24) is 30.1 Å². The molecule has 10 heteroatoms. The summed E-state index contributed by atoms with van der Waals surface area (Å²) in [7, 11) is 1.64. The third-order valence-corrected chi connectivity index (χ3v) is 6.78. The zero-order chi connectivity index (χ0) is 26.8. The number of fused-ring (bicyclic) bond motifs is 2. The van der Waals surface area contributed by atoms with Gasteiger partial charge in [-0.2, -0.15) is 0 Å². The number of hydrogen-bond acceptors (Lipinski definition) is 8. The van der Waals surface area contributed by atoms with Gasteiger partial charge in [0.05, 0.1) is 20.2 Å². The van der Waals surface area contributed by atoms with E-state index in [1.165, 1.54) is 0 Å². The van der Waals surface area contributed by atoms with E-state index >= 15 is 0 Å². The van der Waals surface area contributed by atoms with Gasteiger partial charge in [-0.05, 0) is 75.8 Å². The van der Waals surface area contributed by atoms with Gasteiger partial charge >= 0.3 is 0 Å². The summed E-state index contributed by atoms with van der Waals surface area (Å²) in [5.74, 6) is 2.94. The maximum Gasteiger partial charge on any atom is 0.252 e. The number of ether oxygens (including phenoxy) is 3. The Morgan fingerprint density at radius 1 is 0.949 bits per heavy atom. The predicted octanol–water partition coefficient (Wildman–Crippen LogP) is 3.81. The van der Waals surface area contributed by atoms with Crippen molar-refractivity contribution in [2.24, 2.45) is 0 Å². The van der Waals surface area contributed by atoms with E-state index in [9.17, 15) is 4.79 Å². The predicted molar refractivity (Wildman–Crippen MR) is 145 cm³/mol.